The van der Waals surface area contributed by atoms with Crippen molar-refractivity contribution in [3.8, 4) is 11.3 Å². The minimum absolute atomic E-state index is 0.158. The zero-order valence-corrected chi connectivity index (χ0v) is 22.2. The van der Waals surface area contributed by atoms with E-state index in [0.29, 0.717) is 25.3 Å². The number of benzene rings is 1. The van der Waals surface area contributed by atoms with Crippen molar-refractivity contribution in [1.29, 1.82) is 0 Å². The monoisotopic (exact) mass is 510 g/mol. The lowest BCUT2D eigenvalue weighted by Gasteiger charge is -2.32. The van der Waals surface area contributed by atoms with Crippen molar-refractivity contribution < 1.29 is 24.0 Å². The van der Waals surface area contributed by atoms with Gasteiger partial charge in [0, 0.05) is 31.9 Å². The number of likely N-dealkylation sites (N-methyl/N-ethyl adjacent to an activating group) is 1. The highest BCUT2D eigenvalue weighted by atomic mass is 16.6. The third-order valence-corrected chi connectivity index (χ3v) is 6.31. The molecule has 37 heavy (non-hydrogen) atoms. The number of nitrogens with one attached hydrogen (secondary N) is 2. The lowest BCUT2D eigenvalue weighted by atomic mass is 9.73. The quantitative estimate of drug-likeness (QED) is 0.420. The molecule has 2 aromatic rings. The largest absolute Gasteiger partial charge is 0.480 e. The first-order chi connectivity index (χ1) is 17.8. The third-order valence-electron chi connectivity index (χ3n) is 6.31. The van der Waals surface area contributed by atoms with Crippen molar-refractivity contribution in [1.82, 2.24) is 20.5 Å². The van der Waals surface area contributed by atoms with E-state index in [-0.39, 0.29) is 11.6 Å². The van der Waals surface area contributed by atoms with Gasteiger partial charge >= 0.3 is 7.12 Å². The SMILES string of the molecule is CCN1CCOB([C@H](CC(C)C)NC(=O)C(NC(=O)c2cccc(-c3ccccc3)n2)[C@@H](C)O)OCC1. The molecule has 1 aliphatic rings. The zero-order valence-electron chi connectivity index (χ0n) is 22.2. The number of aliphatic hydroxyl groups excluding tert-OH is 1. The molecule has 10 heteroatoms. The van der Waals surface area contributed by atoms with Crippen molar-refractivity contribution in [2.75, 3.05) is 32.8 Å². The number of nitrogens with zero attached hydrogens (tertiary/aromatic N) is 2. The summed E-state index contributed by atoms with van der Waals surface area (Å²) in [4.78, 5) is 33.0. The second-order valence-corrected chi connectivity index (χ2v) is 9.75. The number of amides is 2. The molecule has 1 aliphatic heterocycles. The Balaban J connectivity index is 1.70. The van der Waals surface area contributed by atoms with Crippen LogP contribution < -0.4 is 10.6 Å². The van der Waals surface area contributed by atoms with E-state index >= 15 is 0 Å². The Morgan fingerprint density at radius 1 is 1.03 bits per heavy atom. The van der Waals surface area contributed by atoms with E-state index in [9.17, 15) is 14.7 Å². The van der Waals surface area contributed by atoms with Crippen LogP contribution in [0, 0.1) is 5.92 Å². The number of aliphatic hydroxyl groups is 1. The Bertz CT molecular complexity index is 997. The Hall–Kier alpha value is -2.79. The van der Waals surface area contributed by atoms with Crippen molar-refractivity contribution in [3.63, 3.8) is 0 Å². The first-order valence-corrected chi connectivity index (χ1v) is 13.1. The summed E-state index contributed by atoms with van der Waals surface area (Å²) >= 11 is 0. The average molecular weight is 510 g/mol. The van der Waals surface area contributed by atoms with Gasteiger partial charge in [0.05, 0.1) is 17.7 Å². The lowest BCUT2D eigenvalue weighted by Crippen LogP contribution is -2.59. The maximum atomic E-state index is 13.3. The highest BCUT2D eigenvalue weighted by molar-refractivity contribution is 6.47. The minimum atomic E-state index is -1.17. The molecule has 0 radical (unpaired) electrons. The molecule has 0 spiro atoms. The molecule has 9 nitrogen and oxygen atoms in total. The molecule has 3 atom stereocenters. The van der Waals surface area contributed by atoms with Gasteiger partial charge in [0.2, 0.25) is 5.91 Å². The van der Waals surface area contributed by atoms with E-state index in [1.807, 2.05) is 36.4 Å². The lowest BCUT2D eigenvalue weighted by molar-refractivity contribution is -0.125. The predicted octanol–water partition coefficient (Wildman–Crippen LogP) is 2.15. The molecule has 0 bridgehead atoms. The minimum Gasteiger partial charge on any atom is -0.408 e. The van der Waals surface area contributed by atoms with Crippen LogP contribution in [0.4, 0.5) is 0 Å². The van der Waals surface area contributed by atoms with Gasteiger partial charge in [-0.15, -0.1) is 0 Å². The van der Waals surface area contributed by atoms with Gasteiger partial charge in [0.1, 0.15) is 11.7 Å². The first-order valence-electron chi connectivity index (χ1n) is 13.1. The van der Waals surface area contributed by atoms with Crippen molar-refractivity contribution in [3.05, 3.63) is 54.2 Å². The summed E-state index contributed by atoms with van der Waals surface area (Å²) in [6, 6.07) is 13.5. The Kier molecular flexibility index (Phi) is 11.1. The molecule has 1 aromatic heterocycles. The Labute approximate surface area is 220 Å². The van der Waals surface area contributed by atoms with Crippen molar-refractivity contribution in [2.24, 2.45) is 5.92 Å². The van der Waals surface area contributed by atoms with Gasteiger partial charge in [0.25, 0.3) is 5.91 Å². The van der Waals surface area contributed by atoms with Gasteiger partial charge in [-0.25, -0.2) is 4.98 Å². The summed E-state index contributed by atoms with van der Waals surface area (Å²) in [6.45, 7) is 11.2. The second-order valence-electron chi connectivity index (χ2n) is 9.75. The summed E-state index contributed by atoms with van der Waals surface area (Å²) in [6.07, 6.45) is -0.507. The second kappa shape index (κ2) is 14.2. The summed E-state index contributed by atoms with van der Waals surface area (Å²) in [5, 5.41) is 16.0. The molecule has 2 amide bonds. The number of pyridine rings is 1. The van der Waals surface area contributed by atoms with E-state index in [2.05, 4.69) is 41.3 Å². The molecule has 1 unspecified atom stereocenters. The molecule has 200 valence electrons. The van der Waals surface area contributed by atoms with Gasteiger partial charge < -0.3 is 25.0 Å². The zero-order chi connectivity index (χ0) is 26.8. The van der Waals surface area contributed by atoms with Crippen LogP contribution in [0.25, 0.3) is 11.3 Å². The van der Waals surface area contributed by atoms with E-state index in [1.54, 1.807) is 12.1 Å². The van der Waals surface area contributed by atoms with Crippen LogP contribution in [-0.4, -0.2) is 84.9 Å². The van der Waals surface area contributed by atoms with Gasteiger partial charge in [-0.2, -0.15) is 0 Å². The van der Waals surface area contributed by atoms with Crippen LogP contribution >= 0.6 is 0 Å². The molecular formula is C27H39BN4O5. The molecule has 0 saturated carbocycles. The fourth-order valence-electron chi connectivity index (χ4n) is 4.27. The molecule has 3 rings (SSSR count). The van der Waals surface area contributed by atoms with Crippen molar-refractivity contribution >= 4 is 18.9 Å². The molecule has 1 saturated heterocycles. The number of hydrogen-bond donors (Lipinski definition) is 3. The van der Waals surface area contributed by atoms with E-state index in [4.69, 9.17) is 9.31 Å². The molecular weight excluding hydrogens is 471 g/mol. The molecule has 1 fully saturated rings. The molecule has 1 aromatic carbocycles. The van der Waals surface area contributed by atoms with Crippen LogP contribution in [0.2, 0.25) is 0 Å². The normalized spacial score (nSPS) is 17.4. The fraction of sp³-hybridized carbons (Fsp3) is 0.519. The third kappa shape index (κ3) is 8.64. The fourth-order valence-corrected chi connectivity index (χ4v) is 4.27. The molecule has 2 heterocycles. The summed E-state index contributed by atoms with van der Waals surface area (Å²) < 4.78 is 12.0. The maximum absolute atomic E-state index is 13.3. The van der Waals surface area contributed by atoms with Crippen LogP contribution in [0.5, 0.6) is 0 Å². The number of rotatable bonds is 10. The van der Waals surface area contributed by atoms with Crippen molar-refractivity contribution in [2.45, 2.75) is 52.2 Å². The van der Waals surface area contributed by atoms with Gasteiger partial charge in [-0.3, -0.25) is 14.5 Å². The van der Waals surface area contributed by atoms with E-state index in [0.717, 1.165) is 25.2 Å². The topological polar surface area (TPSA) is 113 Å². The van der Waals surface area contributed by atoms with Crippen LogP contribution in [-0.2, 0) is 14.1 Å². The van der Waals surface area contributed by atoms with Crippen LogP contribution in [0.3, 0.4) is 0 Å². The number of aromatic nitrogens is 1. The van der Waals surface area contributed by atoms with E-state index in [1.165, 1.54) is 6.92 Å². The summed E-state index contributed by atoms with van der Waals surface area (Å²) in [7, 11) is -0.611. The number of carbonyl (C=O) groups is 2. The summed E-state index contributed by atoms with van der Waals surface area (Å²) in [5.41, 5.74) is 1.67. The number of carbonyl (C=O) groups excluding carboxylic acids is 2. The van der Waals surface area contributed by atoms with Gasteiger partial charge in [-0.1, -0.05) is 57.2 Å². The van der Waals surface area contributed by atoms with Crippen LogP contribution in [0.15, 0.2) is 48.5 Å². The Morgan fingerprint density at radius 3 is 2.30 bits per heavy atom. The highest BCUT2D eigenvalue weighted by Crippen LogP contribution is 2.17. The maximum Gasteiger partial charge on any atom is 0.480 e. The van der Waals surface area contributed by atoms with Crippen LogP contribution in [0.1, 0.15) is 44.6 Å². The smallest absolute Gasteiger partial charge is 0.408 e. The van der Waals surface area contributed by atoms with Gasteiger partial charge in [-0.05, 0) is 37.9 Å². The highest BCUT2D eigenvalue weighted by Gasteiger charge is 2.36. The first kappa shape index (κ1) is 28.8. The predicted molar refractivity (Wildman–Crippen MR) is 144 cm³/mol. The standard InChI is InChI=1S/C27H39BN4O5/c1-5-32-14-16-36-28(37-17-15-32)24(18-19(2)3)30-27(35)25(20(4)33)31-26(34)23-13-9-12-22(29-23)21-10-7-6-8-11-21/h6-13,19-20,24-25,33H,5,14-18H2,1-4H3,(H,30,35)(H,31,34)/t20-,24+,25?/m1/s1. The number of hydrogen-bond acceptors (Lipinski definition) is 7. The van der Waals surface area contributed by atoms with Gasteiger partial charge in [0.15, 0.2) is 0 Å². The molecule has 0 aliphatic carbocycles. The Morgan fingerprint density at radius 2 is 1.70 bits per heavy atom. The molecule has 3 N–H and O–H groups in total. The summed E-state index contributed by atoms with van der Waals surface area (Å²) in [5.74, 6) is -1.21. The van der Waals surface area contributed by atoms with E-state index < -0.39 is 37.0 Å². The average Bonchev–Trinajstić information content (AvgIpc) is 2.87.